The van der Waals surface area contributed by atoms with E-state index in [9.17, 15) is 0 Å². The molecule has 0 aliphatic heterocycles. The Morgan fingerprint density at radius 1 is 0.947 bits per heavy atom. The Kier molecular flexibility index (Phi) is 5.61. The van der Waals surface area contributed by atoms with Crippen molar-refractivity contribution >= 4 is 22.6 Å². The predicted octanol–water partition coefficient (Wildman–Crippen LogP) is 4.48. The standard InChI is InChI=1S/C17H18IN/c1-2-12-19(13-15-8-4-3-5-9-15)14-16-10-6-7-11-17(16)18/h2-11H,1,12-14H2. The third-order valence-corrected chi connectivity index (χ3v) is 4.04. The number of rotatable bonds is 6. The number of halogens is 1. The van der Waals surface area contributed by atoms with E-state index in [4.69, 9.17) is 0 Å². The lowest BCUT2D eigenvalue weighted by molar-refractivity contribution is 0.285. The Labute approximate surface area is 129 Å². The highest BCUT2D eigenvalue weighted by Gasteiger charge is 2.07. The Hall–Kier alpha value is -1.13. The first-order chi connectivity index (χ1) is 9.29. The van der Waals surface area contributed by atoms with Gasteiger partial charge in [0, 0.05) is 23.2 Å². The van der Waals surface area contributed by atoms with Gasteiger partial charge in [0.1, 0.15) is 0 Å². The molecule has 0 spiro atoms. The van der Waals surface area contributed by atoms with Gasteiger partial charge in [0.25, 0.3) is 0 Å². The lowest BCUT2D eigenvalue weighted by Crippen LogP contribution is -2.23. The van der Waals surface area contributed by atoms with Gasteiger partial charge in [-0.2, -0.15) is 0 Å². The van der Waals surface area contributed by atoms with Crippen molar-refractivity contribution in [3.63, 3.8) is 0 Å². The number of hydrogen-bond acceptors (Lipinski definition) is 1. The lowest BCUT2D eigenvalue weighted by atomic mass is 10.1. The Bertz CT molecular complexity index is 522. The van der Waals surface area contributed by atoms with Crippen LogP contribution in [-0.2, 0) is 13.1 Å². The average Bonchev–Trinajstić information content (AvgIpc) is 2.43. The topological polar surface area (TPSA) is 3.24 Å². The summed E-state index contributed by atoms with van der Waals surface area (Å²) in [4.78, 5) is 2.40. The molecule has 0 N–H and O–H groups in total. The minimum Gasteiger partial charge on any atom is -0.291 e. The number of hydrogen-bond donors (Lipinski definition) is 0. The summed E-state index contributed by atoms with van der Waals surface area (Å²) in [6.07, 6.45) is 1.97. The molecule has 0 saturated carbocycles. The van der Waals surface area contributed by atoms with E-state index >= 15 is 0 Å². The Balaban J connectivity index is 2.08. The predicted molar refractivity (Wildman–Crippen MR) is 89.9 cm³/mol. The van der Waals surface area contributed by atoms with Crippen molar-refractivity contribution in [2.24, 2.45) is 0 Å². The van der Waals surface area contributed by atoms with Crippen LogP contribution in [-0.4, -0.2) is 11.4 Å². The van der Waals surface area contributed by atoms with E-state index < -0.39 is 0 Å². The second-order valence-electron chi connectivity index (χ2n) is 4.54. The first-order valence-corrected chi connectivity index (χ1v) is 7.48. The summed E-state index contributed by atoms with van der Waals surface area (Å²) in [5, 5.41) is 0. The Morgan fingerprint density at radius 2 is 1.63 bits per heavy atom. The molecule has 19 heavy (non-hydrogen) atoms. The fraction of sp³-hybridized carbons (Fsp3) is 0.176. The second kappa shape index (κ2) is 7.46. The normalized spacial score (nSPS) is 10.6. The summed E-state index contributed by atoms with van der Waals surface area (Å²) >= 11 is 2.40. The fourth-order valence-electron chi connectivity index (χ4n) is 2.08. The van der Waals surface area contributed by atoms with Crippen LogP contribution in [0.15, 0.2) is 67.3 Å². The van der Waals surface area contributed by atoms with Crippen LogP contribution >= 0.6 is 22.6 Å². The highest BCUT2D eigenvalue weighted by atomic mass is 127. The van der Waals surface area contributed by atoms with Crippen LogP contribution < -0.4 is 0 Å². The molecule has 0 amide bonds. The van der Waals surface area contributed by atoms with Crippen molar-refractivity contribution in [1.82, 2.24) is 4.90 Å². The average molecular weight is 363 g/mol. The van der Waals surface area contributed by atoms with Gasteiger partial charge in [0.2, 0.25) is 0 Å². The van der Waals surface area contributed by atoms with Gasteiger partial charge in [-0.3, -0.25) is 4.90 Å². The van der Waals surface area contributed by atoms with E-state index in [1.54, 1.807) is 0 Å². The van der Waals surface area contributed by atoms with E-state index in [2.05, 4.69) is 88.7 Å². The molecule has 1 nitrogen and oxygen atoms in total. The zero-order valence-electron chi connectivity index (χ0n) is 10.9. The summed E-state index contributed by atoms with van der Waals surface area (Å²) in [5.41, 5.74) is 2.72. The second-order valence-corrected chi connectivity index (χ2v) is 5.70. The minimum atomic E-state index is 0.903. The minimum absolute atomic E-state index is 0.903. The molecule has 0 bridgehead atoms. The summed E-state index contributed by atoms with van der Waals surface area (Å²) in [6.45, 7) is 6.68. The molecular weight excluding hydrogens is 345 g/mol. The van der Waals surface area contributed by atoms with E-state index in [1.807, 2.05) is 6.08 Å². The molecule has 0 atom stereocenters. The quantitative estimate of drug-likeness (QED) is 0.540. The third-order valence-electron chi connectivity index (χ3n) is 2.99. The summed E-state index contributed by atoms with van der Waals surface area (Å²) < 4.78 is 1.32. The number of benzene rings is 2. The molecular formula is C17H18IN. The zero-order valence-corrected chi connectivity index (χ0v) is 13.1. The van der Waals surface area contributed by atoms with Crippen LogP contribution in [0, 0.1) is 3.57 Å². The van der Waals surface area contributed by atoms with Gasteiger partial charge >= 0.3 is 0 Å². The largest absolute Gasteiger partial charge is 0.291 e. The zero-order chi connectivity index (χ0) is 13.5. The molecule has 0 fully saturated rings. The van der Waals surface area contributed by atoms with Crippen LogP contribution in [0.2, 0.25) is 0 Å². The molecule has 2 aromatic carbocycles. The fourth-order valence-corrected chi connectivity index (χ4v) is 2.63. The summed E-state index contributed by atoms with van der Waals surface area (Å²) in [5.74, 6) is 0. The molecule has 0 radical (unpaired) electrons. The molecule has 2 rings (SSSR count). The van der Waals surface area contributed by atoms with Crippen molar-refractivity contribution in [2.75, 3.05) is 6.54 Å². The van der Waals surface area contributed by atoms with Crippen LogP contribution in [0.3, 0.4) is 0 Å². The Morgan fingerprint density at radius 3 is 2.32 bits per heavy atom. The third kappa shape index (κ3) is 4.48. The van der Waals surface area contributed by atoms with Crippen molar-refractivity contribution < 1.29 is 0 Å². The van der Waals surface area contributed by atoms with Gasteiger partial charge in [-0.05, 0) is 39.8 Å². The maximum Gasteiger partial charge on any atom is 0.0251 e. The van der Waals surface area contributed by atoms with E-state index in [0.717, 1.165) is 19.6 Å². The van der Waals surface area contributed by atoms with Gasteiger partial charge in [-0.15, -0.1) is 6.58 Å². The van der Waals surface area contributed by atoms with Crippen LogP contribution in [0.1, 0.15) is 11.1 Å². The first kappa shape index (κ1) is 14.3. The maximum absolute atomic E-state index is 3.86. The van der Waals surface area contributed by atoms with Gasteiger partial charge in [0.15, 0.2) is 0 Å². The van der Waals surface area contributed by atoms with Crippen molar-refractivity contribution in [3.05, 3.63) is 81.9 Å². The monoisotopic (exact) mass is 363 g/mol. The number of nitrogens with zero attached hydrogens (tertiary/aromatic N) is 1. The molecule has 2 heteroatoms. The molecule has 0 aliphatic rings. The van der Waals surface area contributed by atoms with Gasteiger partial charge in [-0.1, -0.05) is 54.6 Å². The lowest BCUT2D eigenvalue weighted by Gasteiger charge is -2.21. The molecule has 0 aliphatic carbocycles. The molecule has 0 heterocycles. The van der Waals surface area contributed by atoms with E-state index in [0.29, 0.717) is 0 Å². The van der Waals surface area contributed by atoms with E-state index in [1.165, 1.54) is 14.7 Å². The highest BCUT2D eigenvalue weighted by Crippen LogP contribution is 2.15. The van der Waals surface area contributed by atoms with Crippen LogP contribution in [0.25, 0.3) is 0 Å². The first-order valence-electron chi connectivity index (χ1n) is 6.40. The van der Waals surface area contributed by atoms with Gasteiger partial charge in [0.05, 0.1) is 0 Å². The van der Waals surface area contributed by atoms with E-state index in [-0.39, 0.29) is 0 Å². The molecule has 0 aromatic heterocycles. The van der Waals surface area contributed by atoms with Gasteiger partial charge in [-0.25, -0.2) is 0 Å². The summed E-state index contributed by atoms with van der Waals surface area (Å²) in [6, 6.07) is 19.1. The van der Waals surface area contributed by atoms with Crippen LogP contribution in [0.5, 0.6) is 0 Å². The van der Waals surface area contributed by atoms with Crippen molar-refractivity contribution in [3.8, 4) is 0 Å². The summed E-state index contributed by atoms with van der Waals surface area (Å²) in [7, 11) is 0. The molecule has 2 aromatic rings. The van der Waals surface area contributed by atoms with Gasteiger partial charge < -0.3 is 0 Å². The molecule has 0 saturated heterocycles. The molecule has 0 unspecified atom stereocenters. The SMILES string of the molecule is C=CCN(Cc1ccccc1)Cc1ccccc1I. The van der Waals surface area contributed by atoms with Crippen molar-refractivity contribution in [2.45, 2.75) is 13.1 Å². The van der Waals surface area contributed by atoms with Crippen molar-refractivity contribution in [1.29, 1.82) is 0 Å². The smallest absolute Gasteiger partial charge is 0.0251 e. The maximum atomic E-state index is 3.86. The van der Waals surface area contributed by atoms with Crippen LogP contribution in [0.4, 0.5) is 0 Å². The molecule has 98 valence electrons. The highest BCUT2D eigenvalue weighted by molar-refractivity contribution is 14.1.